The maximum absolute atomic E-state index is 13.1. The number of halogens is 1. The quantitative estimate of drug-likeness (QED) is 0.778. The zero-order valence-electron chi connectivity index (χ0n) is 11.8. The number of aliphatic hydroxyl groups excluding tert-OH is 1. The number of nitrogens with zero attached hydrogens (tertiary/aromatic N) is 2. The van der Waals surface area contributed by atoms with Crippen molar-refractivity contribution in [1.82, 2.24) is 15.2 Å². The third-order valence-electron chi connectivity index (χ3n) is 2.93. The molecule has 0 aliphatic rings. The normalized spacial score (nSPS) is 12.4. The van der Waals surface area contributed by atoms with Crippen molar-refractivity contribution in [2.45, 2.75) is 26.4 Å². The van der Waals surface area contributed by atoms with Gasteiger partial charge in [0.1, 0.15) is 17.7 Å². The third-order valence-corrected chi connectivity index (χ3v) is 2.93. The van der Waals surface area contributed by atoms with Crippen LogP contribution in [-0.4, -0.2) is 32.3 Å². The molecule has 0 aliphatic carbocycles. The van der Waals surface area contributed by atoms with Crippen molar-refractivity contribution in [3.8, 4) is 0 Å². The number of rotatable bonds is 5. The number of aromatic amines is 1. The van der Waals surface area contributed by atoms with Crippen molar-refractivity contribution in [3.63, 3.8) is 0 Å². The van der Waals surface area contributed by atoms with Gasteiger partial charge in [-0.05, 0) is 23.6 Å². The van der Waals surface area contributed by atoms with Gasteiger partial charge in [-0.2, -0.15) is 4.98 Å². The van der Waals surface area contributed by atoms with E-state index in [1.807, 2.05) is 0 Å². The summed E-state index contributed by atoms with van der Waals surface area (Å²) in [7, 11) is 0. The smallest absolute Gasteiger partial charge is 0.255 e. The van der Waals surface area contributed by atoms with E-state index >= 15 is 0 Å². The maximum Gasteiger partial charge on any atom is 0.255 e. The van der Waals surface area contributed by atoms with Gasteiger partial charge in [-0.25, -0.2) is 4.39 Å². The van der Waals surface area contributed by atoms with E-state index in [-0.39, 0.29) is 17.7 Å². The fourth-order valence-corrected chi connectivity index (χ4v) is 1.76. The molecule has 0 fully saturated rings. The summed E-state index contributed by atoms with van der Waals surface area (Å²) in [5.41, 5.74) is 0.742. The molecule has 7 heteroatoms. The van der Waals surface area contributed by atoms with Crippen molar-refractivity contribution in [1.29, 1.82) is 0 Å². The molecule has 112 valence electrons. The van der Waals surface area contributed by atoms with E-state index in [0.717, 1.165) is 5.56 Å². The highest BCUT2D eigenvalue weighted by atomic mass is 19.1. The molecule has 6 nitrogen and oxygen atoms in total. The van der Waals surface area contributed by atoms with Gasteiger partial charge in [0, 0.05) is 6.42 Å². The molecule has 1 aromatic carbocycles. The van der Waals surface area contributed by atoms with Crippen molar-refractivity contribution in [2.24, 2.45) is 5.92 Å². The van der Waals surface area contributed by atoms with Gasteiger partial charge in [0.2, 0.25) is 5.95 Å². The van der Waals surface area contributed by atoms with E-state index in [4.69, 9.17) is 0 Å². The molecule has 1 aromatic heterocycles. The first kappa shape index (κ1) is 15.1. The Hall–Kier alpha value is -2.28. The Balaban J connectivity index is 2.00. The number of hydrogen-bond donors (Lipinski definition) is 3. The van der Waals surface area contributed by atoms with Crippen LogP contribution in [0, 0.1) is 11.7 Å². The number of anilines is 1. The van der Waals surface area contributed by atoms with Gasteiger partial charge in [0.25, 0.3) is 5.91 Å². The number of carbonyl (C=O) groups excluding carboxylic acids is 1. The number of carbonyl (C=O) groups is 1. The number of amides is 1. The van der Waals surface area contributed by atoms with Gasteiger partial charge in [-0.1, -0.05) is 26.0 Å². The summed E-state index contributed by atoms with van der Waals surface area (Å²) in [4.78, 5) is 15.7. The Labute approximate surface area is 121 Å². The summed E-state index contributed by atoms with van der Waals surface area (Å²) >= 11 is 0. The second kappa shape index (κ2) is 6.45. The van der Waals surface area contributed by atoms with Gasteiger partial charge in [-0.15, -0.1) is 5.10 Å². The molecule has 1 heterocycles. The second-order valence-electron chi connectivity index (χ2n) is 5.09. The molecule has 0 aliphatic heterocycles. The van der Waals surface area contributed by atoms with Crippen LogP contribution in [-0.2, 0) is 11.2 Å². The van der Waals surface area contributed by atoms with Crippen molar-refractivity contribution >= 4 is 11.9 Å². The average Bonchev–Trinajstić information content (AvgIpc) is 2.84. The monoisotopic (exact) mass is 292 g/mol. The minimum Gasteiger partial charge on any atom is -0.383 e. The second-order valence-corrected chi connectivity index (χ2v) is 5.09. The van der Waals surface area contributed by atoms with E-state index in [2.05, 4.69) is 20.5 Å². The largest absolute Gasteiger partial charge is 0.383 e. The fraction of sp³-hybridized carbons (Fsp3) is 0.357. The molecule has 3 N–H and O–H groups in total. The van der Waals surface area contributed by atoms with E-state index in [1.165, 1.54) is 12.1 Å². The molecular formula is C14H17FN4O2. The number of aliphatic hydroxyl groups is 1. The third kappa shape index (κ3) is 4.09. The molecule has 21 heavy (non-hydrogen) atoms. The molecule has 1 amide bonds. The van der Waals surface area contributed by atoms with Crippen LogP contribution in [0.25, 0.3) is 0 Å². The summed E-state index contributed by atoms with van der Waals surface area (Å²) in [6, 6.07) is 6.15. The number of hydrogen-bond acceptors (Lipinski definition) is 4. The lowest BCUT2D eigenvalue weighted by Gasteiger charge is -2.12. The van der Waals surface area contributed by atoms with Crippen LogP contribution in [0.5, 0.6) is 0 Å². The predicted octanol–water partition coefficient (Wildman–Crippen LogP) is 1.49. The Bertz CT molecular complexity index is 627. The lowest BCUT2D eigenvalue weighted by atomic mass is 10.1. The zero-order valence-corrected chi connectivity index (χ0v) is 11.8. The highest BCUT2D eigenvalue weighted by Crippen LogP contribution is 2.10. The Morgan fingerprint density at radius 2 is 2.24 bits per heavy atom. The van der Waals surface area contributed by atoms with E-state index in [1.54, 1.807) is 26.0 Å². The lowest BCUT2D eigenvalue weighted by Crippen LogP contribution is -2.32. The summed E-state index contributed by atoms with van der Waals surface area (Å²) in [6.45, 7) is 3.47. The summed E-state index contributed by atoms with van der Waals surface area (Å²) < 4.78 is 13.1. The molecular weight excluding hydrogens is 275 g/mol. The Kier molecular flexibility index (Phi) is 4.64. The van der Waals surface area contributed by atoms with Gasteiger partial charge in [-0.3, -0.25) is 15.2 Å². The molecule has 0 saturated heterocycles. The maximum atomic E-state index is 13.1. The molecule has 1 atom stereocenters. The summed E-state index contributed by atoms with van der Waals surface area (Å²) in [6.07, 6.45) is -0.747. The summed E-state index contributed by atoms with van der Waals surface area (Å²) in [5.74, 6) is -0.487. The van der Waals surface area contributed by atoms with Crippen LogP contribution in [0.1, 0.15) is 25.2 Å². The number of benzene rings is 1. The van der Waals surface area contributed by atoms with Crippen LogP contribution in [0.4, 0.5) is 10.3 Å². The first-order valence-corrected chi connectivity index (χ1v) is 6.60. The molecule has 2 rings (SSSR count). The van der Waals surface area contributed by atoms with Crippen LogP contribution in [0.2, 0.25) is 0 Å². The van der Waals surface area contributed by atoms with Crippen molar-refractivity contribution in [3.05, 3.63) is 41.5 Å². The average molecular weight is 292 g/mol. The topological polar surface area (TPSA) is 90.9 Å². The molecule has 0 spiro atoms. The van der Waals surface area contributed by atoms with Gasteiger partial charge in [0.15, 0.2) is 0 Å². The number of aromatic nitrogens is 3. The van der Waals surface area contributed by atoms with E-state index in [9.17, 15) is 14.3 Å². The molecule has 0 saturated carbocycles. The number of H-pyrrole nitrogens is 1. The molecule has 0 radical (unpaired) electrons. The SMILES string of the molecule is CC(C)[C@H](O)C(=O)Nc1n[nH]c(Cc2cccc(F)c2)n1. The standard InChI is InChI=1S/C14H17FN4O2/c1-8(2)12(20)13(21)17-14-16-11(18-19-14)7-9-4-3-5-10(15)6-9/h3-6,8,12,20H,7H2,1-2H3,(H2,16,17,18,19,21)/t12-/m0/s1. The van der Waals surface area contributed by atoms with E-state index < -0.39 is 12.0 Å². The fourth-order valence-electron chi connectivity index (χ4n) is 1.76. The van der Waals surface area contributed by atoms with Gasteiger partial charge in [0.05, 0.1) is 0 Å². The van der Waals surface area contributed by atoms with Crippen LogP contribution >= 0.6 is 0 Å². The first-order valence-electron chi connectivity index (χ1n) is 6.60. The Morgan fingerprint density at radius 1 is 1.48 bits per heavy atom. The predicted molar refractivity (Wildman–Crippen MR) is 75.1 cm³/mol. The van der Waals surface area contributed by atoms with E-state index in [0.29, 0.717) is 12.2 Å². The zero-order chi connectivity index (χ0) is 15.4. The lowest BCUT2D eigenvalue weighted by molar-refractivity contribution is -0.126. The number of nitrogens with one attached hydrogen (secondary N) is 2. The van der Waals surface area contributed by atoms with Crippen molar-refractivity contribution in [2.75, 3.05) is 5.32 Å². The molecule has 0 bridgehead atoms. The Morgan fingerprint density at radius 3 is 2.90 bits per heavy atom. The summed E-state index contributed by atoms with van der Waals surface area (Å²) in [5, 5.41) is 18.5. The molecule has 2 aromatic rings. The van der Waals surface area contributed by atoms with Gasteiger partial charge < -0.3 is 5.11 Å². The molecule has 0 unspecified atom stereocenters. The van der Waals surface area contributed by atoms with Crippen LogP contribution < -0.4 is 5.32 Å². The minimum atomic E-state index is -1.12. The highest BCUT2D eigenvalue weighted by Gasteiger charge is 2.20. The highest BCUT2D eigenvalue weighted by molar-refractivity contribution is 5.92. The minimum absolute atomic E-state index is 0.0890. The first-order chi connectivity index (χ1) is 9.95. The van der Waals surface area contributed by atoms with Crippen LogP contribution in [0.15, 0.2) is 24.3 Å². The van der Waals surface area contributed by atoms with Crippen molar-refractivity contribution < 1.29 is 14.3 Å². The van der Waals surface area contributed by atoms with Crippen LogP contribution in [0.3, 0.4) is 0 Å². The van der Waals surface area contributed by atoms with Gasteiger partial charge >= 0.3 is 0 Å².